The molecule has 0 unspecified atom stereocenters. The van der Waals surface area contributed by atoms with Crippen LogP contribution >= 0.6 is 0 Å². The molecule has 0 atom stereocenters. The molecule has 0 saturated heterocycles. The van der Waals surface area contributed by atoms with E-state index < -0.39 is 5.97 Å². The zero-order valence-corrected chi connectivity index (χ0v) is 10.3. The van der Waals surface area contributed by atoms with Crippen LogP contribution in [0.15, 0.2) is 6.20 Å². The average Bonchev–Trinajstić information content (AvgIpc) is 2.30. The van der Waals surface area contributed by atoms with Crippen LogP contribution in [0.25, 0.3) is 0 Å². The van der Waals surface area contributed by atoms with E-state index in [4.69, 9.17) is 9.84 Å². The number of ether oxygens (including phenoxy) is 1. The van der Waals surface area contributed by atoms with Gasteiger partial charge in [-0.05, 0) is 12.8 Å². The van der Waals surface area contributed by atoms with Gasteiger partial charge in [0.15, 0.2) is 5.82 Å². The predicted molar refractivity (Wildman–Crippen MR) is 62.9 cm³/mol. The van der Waals surface area contributed by atoms with Gasteiger partial charge < -0.3 is 9.84 Å². The minimum absolute atomic E-state index is 0.186. The Morgan fingerprint density at radius 2 is 2.18 bits per heavy atom. The van der Waals surface area contributed by atoms with Crippen molar-refractivity contribution in [2.24, 2.45) is 0 Å². The number of aromatic carboxylic acids is 1. The number of carboxylic acid groups (broad SMARTS) is 1. The fourth-order valence-corrected chi connectivity index (χ4v) is 1.44. The maximum atomic E-state index is 11.0. The van der Waals surface area contributed by atoms with E-state index in [1.807, 2.05) is 13.8 Å². The van der Waals surface area contributed by atoms with Gasteiger partial charge in [0.25, 0.3) is 0 Å². The summed E-state index contributed by atoms with van der Waals surface area (Å²) in [6.45, 7) is 5.01. The molecule has 0 amide bonds. The lowest BCUT2D eigenvalue weighted by molar-refractivity contribution is 0.0693. The quantitative estimate of drug-likeness (QED) is 0.736. The largest absolute Gasteiger partial charge is 0.478 e. The van der Waals surface area contributed by atoms with Crippen LogP contribution in [0.2, 0.25) is 0 Å². The first-order valence-corrected chi connectivity index (χ1v) is 5.84. The van der Waals surface area contributed by atoms with Gasteiger partial charge in [0.05, 0.1) is 11.3 Å². The summed E-state index contributed by atoms with van der Waals surface area (Å²) in [6, 6.07) is 0. The molecule has 1 aromatic rings. The summed E-state index contributed by atoms with van der Waals surface area (Å²) in [5, 5.41) is 8.99. The first kappa shape index (κ1) is 13.6. The van der Waals surface area contributed by atoms with Crippen molar-refractivity contribution in [1.82, 2.24) is 9.97 Å². The number of aromatic nitrogens is 2. The van der Waals surface area contributed by atoms with Crippen molar-refractivity contribution in [2.75, 3.05) is 6.61 Å². The summed E-state index contributed by atoms with van der Waals surface area (Å²) in [5.41, 5.74) is 0.774. The molecule has 0 aliphatic rings. The van der Waals surface area contributed by atoms with Gasteiger partial charge >= 0.3 is 5.97 Å². The number of aryl methyl sites for hydroxylation is 1. The summed E-state index contributed by atoms with van der Waals surface area (Å²) in [6.07, 6.45) is 3.80. The van der Waals surface area contributed by atoms with Gasteiger partial charge in [-0.15, -0.1) is 0 Å². The van der Waals surface area contributed by atoms with Gasteiger partial charge in [0, 0.05) is 12.8 Å². The van der Waals surface area contributed by atoms with Crippen LogP contribution < -0.4 is 0 Å². The van der Waals surface area contributed by atoms with Crippen molar-refractivity contribution in [2.45, 2.75) is 39.7 Å². The highest BCUT2D eigenvalue weighted by atomic mass is 16.5. The molecule has 5 nitrogen and oxygen atoms in total. The fraction of sp³-hybridized carbons (Fsp3) is 0.583. The minimum Gasteiger partial charge on any atom is -0.478 e. The van der Waals surface area contributed by atoms with Gasteiger partial charge in [-0.1, -0.05) is 20.3 Å². The molecule has 94 valence electrons. The Labute approximate surface area is 101 Å². The van der Waals surface area contributed by atoms with E-state index in [1.165, 1.54) is 6.20 Å². The Morgan fingerprint density at radius 3 is 2.76 bits per heavy atom. The SMILES string of the molecule is CCCOCc1ncc(C(=O)O)c(CCC)n1. The molecule has 17 heavy (non-hydrogen) atoms. The second kappa shape index (κ2) is 6.96. The van der Waals surface area contributed by atoms with Gasteiger partial charge in [-0.2, -0.15) is 0 Å². The third-order valence-electron chi connectivity index (χ3n) is 2.21. The second-order valence-corrected chi connectivity index (χ2v) is 3.75. The zero-order chi connectivity index (χ0) is 12.7. The molecule has 0 radical (unpaired) electrons. The van der Waals surface area contributed by atoms with Gasteiger partial charge in [-0.3, -0.25) is 0 Å². The van der Waals surface area contributed by atoms with E-state index in [-0.39, 0.29) is 5.56 Å². The van der Waals surface area contributed by atoms with E-state index in [9.17, 15) is 4.79 Å². The van der Waals surface area contributed by atoms with E-state index in [0.717, 1.165) is 12.8 Å². The third kappa shape index (κ3) is 4.11. The highest BCUT2D eigenvalue weighted by Gasteiger charge is 2.12. The summed E-state index contributed by atoms with van der Waals surface area (Å²) in [5.74, 6) is -0.429. The molecule has 1 N–H and O–H groups in total. The number of hydrogen-bond donors (Lipinski definition) is 1. The van der Waals surface area contributed by atoms with Crippen LogP contribution in [0.1, 0.15) is 48.6 Å². The lowest BCUT2D eigenvalue weighted by Gasteiger charge is -2.06. The van der Waals surface area contributed by atoms with E-state index >= 15 is 0 Å². The summed E-state index contributed by atoms with van der Waals surface area (Å²) in [4.78, 5) is 19.2. The fourth-order valence-electron chi connectivity index (χ4n) is 1.44. The van der Waals surface area contributed by atoms with E-state index in [1.54, 1.807) is 0 Å². The predicted octanol–water partition coefficient (Wildman–Crippen LogP) is 2.05. The molecule has 0 fully saturated rings. The van der Waals surface area contributed by atoms with Gasteiger partial charge in [-0.25, -0.2) is 14.8 Å². The van der Waals surface area contributed by atoms with Crippen molar-refractivity contribution in [1.29, 1.82) is 0 Å². The van der Waals surface area contributed by atoms with Crippen LogP contribution in [0, 0.1) is 0 Å². The molecular weight excluding hydrogens is 220 g/mol. The molecule has 1 heterocycles. The molecule has 1 rings (SSSR count). The maximum Gasteiger partial charge on any atom is 0.339 e. The number of carboxylic acids is 1. The number of nitrogens with zero attached hydrogens (tertiary/aromatic N) is 2. The van der Waals surface area contributed by atoms with Crippen LogP contribution in [-0.4, -0.2) is 27.7 Å². The third-order valence-corrected chi connectivity index (χ3v) is 2.21. The Bertz CT molecular complexity index is 380. The Kier molecular flexibility index (Phi) is 5.56. The molecule has 5 heteroatoms. The molecular formula is C12H18N2O3. The highest BCUT2D eigenvalue weighted by Crippen LogP contribution is 2.09. The van der Waals surface area contributed by atoms with Crippen molar-refractivity contribution in [3.8, 4) is 0 Å². The smallest absolute Gasteiger partial charge is 0.339 e. The van der Waals surface area contributed by atoms with E-state index in [0.29, 0.717) is 31.2 Å². The minimum atomic E-state index is -0.977. The molecule has 0 spiro atoms. The normalized spacial score (nSPS) is 10.5. The highest BCUT2D eigenvalue weighted by molar-refractivity contribution is 5.88. The molecule has 0 aliphatic heterocycles. The molecule has 0 bridgehead atoms. The second-order valence-electron chi connectivity index (χ2n) is 3.75. The molecule has 0 aromatic carbocycles. The maximum absolute atomic E-state index is 11.0. The number of carbonyl (C=O) groups is 1. The lowest BCUT2D eigenvalue weighted by Crippen LogP contribution is -2.10. The summed E-state index contributed by atoms with van der Waals surface area (Å²) >= 11 is 0. The van der Waals surface area contributed by atoms with Crippen LogP contribution in [-0.2, 0) is 17.8 Å². The first-order chi connectivity index (χ1) is 8.19. The van der Waals surface area contributed by atoms with Crippen LogP contribution in [0.3, 0.4) is 0 Å². The van der Waals surface area contributed by atoms with Crippen LogP contribution in [0.4, 0.5) is 0 Å². The summed E-state index contributed by atoms with van der Waals surface area (Å²) in [7, 11) is 0. The van der Waals surface area contributed by atoms with Crippen molar-refractivity contribution >= 4 is 5.97 Å². The molecule has 0 aliphatic carbocycles. The van der Waals surface area contributed by atoms with Crippen LogP contribution in [0.5, 0.6) is 0 Å². The van der Waals surface area contributed by atoms with Crippen molar-refractivity contribution in [3.05, 3.63) is 23.3 Å². The van der Waals surface area contributed by atoms with Gasteiger partial charge in [0.2, 0.25) is 0 Å². The lowest BCUT2D eigenvalue weighted by atomic mass is 10.1. The Morgan fingerprint density at radius 1 is 1.41 bits per heavy atom. The number of rotatable bonds is 7. The zero-order valence-electron chi connectivity index (χ0n) is 10.3. The van der Waals surface area contributed by atoms with E-state index in [2.05, 4.69) is 9.97 Å². The van der Waals surface area contributed by atoms with Crippen molar-refractivity contribution in [3.63, 3.8) is 0 Å². The Balaban J connectivity index is 2.81. The monoisotopic (exact) mass is 238 g/mol. The standard InChI is InChI=1S/C12H18N2O3/c1-3-5-10-9(12(15)16)7-13-11(14-10)8-17-6-4-2/h7H,3-6,8H2,1-2H3,(H,15,16). The average molecular weight is 238 g/mol. The topological polar surface area (TPSA) is 72.3 Å². The molecule has 0 saturated carbocycles. The Hall–Kier alpha value is -1.49. The van der Waals surface area contributed by atoms with Gasteiger partial charge in [0.1, 0.15) is 6.61 Å². The first-order valence-electron chi connectivity index (χ1n) is 5.84. The molecule has 1 aromatic heterocycles. The van der Waals surface area contributed by atoms with Crippen molar-refractivity contribution < 1.29 is 14.6 Å². The number of hydrogen-bond acceptors (Lipinski definition) is 4. The summed E-state index contributed by atoms with van der Waals surface area (Å²) < 4.78 is 5.33.